The molecule has 7 nitrogen and oxygen atoms in total. The minimum atomic E-state index is 0.0146. The first-order valence-electron chi connectivity index (χ1n) is 14.3. The van der Waals surface area contributed by atoms with Crippen molar-refractivity contribution in [3.05, 3.63) is 47.7 Å². The second kappa shape index (κ2) is 13.7. The number of nitrogens with zero attached hydrogens (tertiary/aromatic N) is 4. The molecule has 1 aromatic rings. The molecule has 3 aliphatic rings. The Bertz CT molecular complexity index is 1040. The molecule has 2 aliphatic heterocycles. The quantitative estimate of drug-likeness (QED) is 0.372. The Morgan fingerprint density at radius 3 is 2.55 bits per heavy atom. The van der Waals surface area contributed by atoms with Gasteiger partial charge in [-0.15, -0.1) is 0 Å². The van der Waals surface area contributed by atoms with Gasteiger partial charge in [0.25, 0.3) is 0 Å². The van der Waals surface area contributed by atoms with E-state index < -0.39 is 0 Å². The third kappa shape index (κ3) is 7.13. The van der Waals surface area contributed by atoms with E-state index in [1.165, 1.54) is 16.7 Å². The van der Waals surface area contributed by atoms with Gasteiger partial charge in [-0.2, -0.15) is 0 Å². The summed E-state index contributed by atoms with van der Waals surface area (Å²) in [4.78, 5) is 25.7. The Morgan fingerprint density at radius 1 is 1.16 bits per heavy atom. The third-order valence-electron chi connectivity index (χ3n) is 8.34. The Morgan fingerprint density at radius 2 is 1.92 bits per heavy atom. The predicted octanol–water partition coefficient (Wildman–Crippen LogP) is 5.31. The molecule has 1 unspecified atom stereocenters. The van der Waals surface area contributed by atoms with Crippen LogP contribution in [0.25, 0.3) is 5.57 Å². The van der Waals surface area contributed by atoms with Crippen molar-refractivity contribution in [3.63, 3.8) is 0 Å². The van der Waals surface area contributed by atoms with Gasteiger partial charge in [-0.3, -0.25) is 4.79 Å². The average molecular weight is 521 g/mol. The van der Waals surface area contributed by atoms with Gasteiger partial charge >= 0.3 is 0 Å². The van der Waals surface area contributed by atoms with E-state index in [0.717, 1.165) is 76.8 Å². The fraction of sp³-hybridized carbons (Fsp3) is 0.581. The van der Waals surface area contributed by atoms with E-state index in [-0.39, 0.29) is 24.5 Å². The zero-order chi connectivity index (χ0) is 26.9. The lowest BCUT2D eigenvalue weighted by Crippen LogP contribution is -2.41. The summed E-state index contributed by atoms with van der Waals surface area (Å²) in [7, 11) is 0. The van der Waals surface area contributed by atoms with Crippen molar-refractivity contribution < 1.29 is 14.6 Å². The van der Waals surface area contributed by atoms with Crippen molar-refractivity contribution in [2.75, 3.05) is 32.8 Å². The van der Waals surface area contributed by atoms with Crippen LogP contribution in [0.5, 0.6) is 5.75 Å². The highest BCUT2D eigenvalue weighted by Crippen LogP contribution is 2.33. The van der Waals surface area contributed by atoms with Crippen molar-refractivity contribution in [3.8, 4) is 5.75 Å². The molecule has 1 N–H and O–H groups in total. The first-order valence-corrected chi connectivity index (χ1v) is 14.3. The number of likely N-dealkylation sites (tertiary alicyclic amines) is 2. The highest BCUT2D eigenvalue weighted by molar-refractivity contribution is 5.84. The first kappa shape index (κ1) is 28.1. The highest BCUT2D eigenvalue weighted by Gasteiger charge is 2.33. The molecule has 2 saturated heterocycles. The molecule has 0 radical (unpaired) electrons. The fourth-order valence-electron chi connectivity index (χ4n) is 5.63. The van der Waals surface area contributed by atoms with E-state index in [4.69, 9.17) is 4.74 Å². The lowest BCUT2D eigenvalue weighted by Gasteiger charge is -2.32. The van der Waals surface area contributed by atoms with Crippen LogP contribution in [0.4, 0.5) is 0 Å². The molecule has 2 fully saturated rings. The van der Waals surface area contributed by atoms with E-state index in [2.05, 4.69) is 65.8 Å². The number of rotatable bonds is 8. The minimum Gasteiger partial charge on any atom is -0.493 e. The number of aliphatic imine (C=N–C) groups is 2. The van der Waals surface area contributed by atoms with Crippen molar-refractivity contribution in [1.82, 2.24) is 9.80 Å². The van der Waals surface area contributed by atoms with Gasteiger partial charge in [0, 0.05) is 31.8 Å². The number of guanidine groups is 1. The molecule has 0 bridgehead atoms. The molecule has 38 heavy (non-hydrogen) atoms. The molecule has 0 spiro atoms. The molecular formula is C31H44N4O3. The zero-order valence-electron chi connectivity index (χ0n) is 23.1. The molecular weight excluding hydrogens is 476 g/mol. The van der Waals surface area contributed by atoms with Crippen molar-refractivity contribution in [2.24, 2.45) is 21.8 Å². The molecule has 0 saturated carbocycles. The largest absolute Gasteiger partial charge is 0.493 e. The van der Waals surface area contributed by atoms with Crippen LogP contribution >= 0.6 is 0 Å². The lowest BCUT2D eigenvalue weighted by molar-refractivity contribution is -0.137. The van der Waals surface area contributed by atoms with Crippen LogP contribution in [0, 0.1) is 11.8 Å². The van der Waals surface area contributed by atoms with E-state index in [0.29, 0.717) is 18.5 Å². The number of carbonyl (C=O) groups is 1. The Kier molecular flexibility index (Phi) is 10.2. The second-order valence-electron chi connectivity index (χ2n) is 10.9. The number of hydrogen-bond acceptors (Lipinski definition) is 4. The molecule has 2 atom stereocenters. The number of aliphatic hydroxyl groups is 1. The van der Waals surface area contributed by atoms with E-state index >= 15 is 0 Å². The normalized spacial score (nSPS) is 23.4. The molecule has 0 aromatic heterocycles. The van der Waals surface area contributed by atoms with Crippen LogP contribution in [0.15, 0.2) is 52.1 Å². The number of aliphatic hydroxyl groups excluding tert-OH is 1. The molecule has 206 valence electrons. The molecule has 7 heteroatoms. The molecule has 2 heterocycles. The summed E-state index contributed by atoms with van der Waals surface area (Å²) in [6.45, 7) is 11.3. The summed E-state index contributed by atoms with van der Waals surface area (Å²) < 4.78 is 6.15. The topological polar surface area (TPSA) is 77.7 Å². The summed E-state index contributed by atoms with van der Waals surface area (Å²) in [5.41, 5.74) is 3.75. The number of amides is 1. The molecule has 4 rings (SSSR count). The van der Waals surface area contributed by atoms with Crippen LogP contribution < -0.4 is 4.74 Å². The van der Waals surface area contributed by atoms with Gasteiger partial charge in [-0.05, 0) is 94.2 Å². The van der Waals surface area contributed by atoms with Crippen LogP contribution in [0.2, 0.25) is 0 Å². The maximum Gasteiger partial charge on any atom is 0.226 e. The van der Waals surface area contributed by atoms with Crippen molar-refractivity contribution in [2.45, 2.75) is 71.3 Å². The maximum absolute atomic E-state index is 12.9. The SMILES string of the molecule is C=NC(=N/C=C(\C)CC)N1CCC(COc2ccc(C3=CCC(C(=O)N4CCC[C@@H]4CO)CC3)cc2)CC1. The van der Waals surface area contributed by atoms with Crippen LogP contribution in [-0.4, -0.2) is 72.4 Å². The summed E-state index contributed by atoms with van der Waals surface area (Å²) in [6, 6.07) is 8.42. The van der Waals surface area contributed by atoms with Gasteiger partial charge in [0.05, 0.1) is 19.3 Å². The van der Waals surface area contributed by atoms with E-state index in [9.17, 15) is 9.90 Å². The maximum atomic E-state index is 12.9. The van der Waals surface area contributed by atoms with Gasteiger partial charge in [-0.25, -0.2) is 9.98 Å². The number of hydrogen-bond donors (Lipinski definition) is 1. The number of allylic oxidation sites excluding steroid dienone is 3. The third-order valence-corrected chi connectivity index (χ3v) is 8.34. The molecule has 1 aromatic carbocycles. The smallest absolute Gasteiger partial charge is 0.226 e. The fourth-order valence-corrected chi connectivity index (χ4v) is 5.63. The number of carbonyl (C=O) groups excluding carboxylic acids is 1. The highest BCUT2D eigenvalue weighted by atomic mass is 16.5. The number of benzene rings is 1. The van der Waals surface area contributed by atoms with Gasteiger partial charge < -0.3 is 19.6 Å². The van der Waals surface area contributed by atoms with Gasteiger partial charge in [0.1, 0.15) is 5.75 Å². The van der Waals surface area contributed by atoms with Crippen molar-refractivity contribution in [1.29, 1.82) is 0 Å². The Balaban J connectivity index is 1.22. The van der Waals surface area contributed by atoms with Crippen LogP contribution in [0.1, 0.15) is 70.8 Å². The van der Waals surface area contributed by atoms with Crippen molar-refractivity contribution >= 4 is 24.2 Å². The van der Waals surface area contributed by atoms with E-state index in [1.807, 2.05) is 11.1 Å². The summed E-state index contributed by atoms with van der Waals surface area (Å²) >= 11 is 0. The molecule has 1 aliphatic carbocycles. The predicted molar refractivity (Wildman–Crippen MR) is 154 cm³/mol. The monoisotopic (exact) mass is 520 g/mol. The van der Waals surface area contributed by atoms with E-state index in [1.54, 1.807) is 0 Å². The van der Waals surface area contributed by atoms with Crippen LogP contribution in [-0.2, 0) is 4.79 Å². The number of piperidine rings is 1. The summed E-state index contributed by atoms with van der Waals surface area (Å²) in [5, 5.41) is 9.56. The lowest BCUT2D eigenvalue weighted by atomic mass is 9.85. The average Bonchev–Trinajstić information content (AvgIpc) is 3.46. The Hall–Kier alpha value is -2.93. The van der Waals surface area contributed by atoms with Gasteiger partial charge in [0.15, 0.2) is 0 Å². The van der Waals surface area contributed by atoms with Crippen LogP contribution in [0.3, 0.4) is 0 Å². The summed E-state index contributed by atoms with van der Waals surface area (Å²) in [5.74, 6) is 2.40. The van der Waals surface area contributed by atoms with Gasteiger partial charge in [0.2, 0.25) is 11.9 Å². The standard InChI is InChI=1S/C31H44N4O3/c1-4-23(2)20-33-31(32-3)34-18-15-24(16-19-34)22-38-29-13-11-26(12-14-29)25-7-9-27(10-8-25)30(37)35-17-5-6-28(35)21-36/h7,11-14,20,24,27-28,36H,3-6,8-10,15-19,21-22H2,1-2H3/b23-20+,33-31?/t27?,28-/m1/s1. The zero-order valence-corrected chi connectivity index (χ0v) is 23.1. The first-order chi connectivity index (χ1) is 18.5. The second-order valence-corrected chi connectivity index (χ2v) is 10.9. The Labute approximate surface area is 228 Å². The minimum absolute atomic E-state index is 0.0146. The number of ether oxygens (including phenoxy) is 1. The van der Waals surface area contributed by atoms with Gasteiger partial charge in [-0.1, -0.05) is 30.7 Å². The molecule has 1 amide bonds. The summed E-state index contributed by atoms with van der Waals surface area (Å²) in [6.07, 6.45) is 11.7.